The Hall–Kier alpha value is -3.75. The highest BCUT2D eigenvalue weighted by Gasteiger charge is 2.33. The van der Waals surface area contributed by atoms with Crippen LogP contribution in [-0.4, -0.2) is 30.1 Å². The van der Waals surface area contributed by atoms with Gasteiger partial charge in [0, 0.05) is 22.6 Å². The van der Waals surface area contributed by atoms with Crippen LogP contribution in [0.2, 0.25) is 5.02 Å². The second-order valence-corrected chi connectivity index (χ2v) is 10.5. The number of aromatic nitrogens is 5. The van der Waals surface area contributed by atoms with Crippen molar-refractivity contribution in [3.05, 3.63) is 111 Å². The van der Waals surface area contributed by atoms with Gasteiger partial charge in [0.15, 0.2) is 5.82 Å². The number of hydrogen-bond acceptors (Lipinski definition) is 6. The summed E-state index contributed by atoms with van der Waals surface area (Å²) in [4.78, 5) is 19.0. The third-order valence-electron chi connectivity index (χ3n) is 7.36. The molecule has 194 valence electrons. The van der Waals surface area contributed by atoms with Crippen molar-refractivity contribution in [2.24, 2.45) is 0 Å². The Labute approximate surface area is 225 Å². The summed E-state index contributed by atoms with van der Waals surface area (Å²) < 4.78 is 7.70. The molecule has 0 aliphatic heterocycles. The van der Waals surface area contributed by atoms with Crippen LogP contribution in [-0.2, 0) is 13.1 Å². The van der Waals surface area contributed by atoms with Crippen LogP contribution in [0.15, 0.2) is 76.1 Å². The number of benzene rings is 2. The molecule has 1 aliphatic rings. The van der Waals surface area contributed by atoms with Crippen LogP contribution in [0.3, 0.4) is 0 Å². The molecule has 0 saturated heterocycles. The summed E-state index contributed by atoms with van der Waals surface area (Å²) in [5.74, 6) is 1.45. The number of hydrogen-bond donors (Lipinski definition) is 1. The molecule has 1 N–H and O–H groups in total. The number of H-pyrrole nitrogens is 1. The maximum absolute atomic E-state index is 13.7. The van der Waals surface area contributed by atoms with E-state index in [-0.39, 0.29) is 11.6 Å². The predicted octanol–water partition coefficient (Wildman–Crippen LogP) is 5.98. The van der Waals surface area contributed by atoms with Crippen LogP contribution >= 0.6 is 11.6 Å². The van der Waals surface area contributed by atoms with Crippen molar-refractivity contribution in [3.63, 3.8) is 0 Å². The molecule has 3 heterocycles. The van der Waals surface area contributed by atoms with E-state index in [0.717, 1.165) is 53.5 Å². The topological polar surface area (TPSA) is 92.8 Å². The molecular formula is C29H29ClN6O2. The van der Waals surface area contributed by atoms with E-state index in [1.165, 1.54) is 0 Å². The first-order valence-corrected chi connectivity index (χ1v) is 13.4. The van der Waals surface area contributed by atoms with Gasteiger partial charge in [-0.25, -0.2) is 4.68 Å². The molecule has 3 aromatic heterocycles. The van der Waals surface area contributed by atoms with Gasteiger partial charge >= 0.3 is 0 Å². The number of fused-ring (bicyclic) bond motifs is 1. The van der Waals surface area contributed by atoms with Crippen LogP contribution in [0, 0.1) is 6.92 Å². The van der Waals surface area contributed by atoms with Gasteiger partial charge in [-0.3, -0.25) is 9.69 Å². The monoisotopic (exact) mass is 528 g/mol. The van der Waals surface area contributed by atoms with E-state index in [4.69, 9.17) is 16.0 Å². The largest absolute Gasteiger partial charge is 0.468 e. The highest BCUT2D eigenvalue weighted by atomic mass is 35.5. The Balaban J connectivity index is 1.53. The smallest absolute Gasteiger partial charge is 0.253 e. The fourth-order valence-corrected chi connectivity index (χ4v) is 5.63. The van der Waals surface area contributed by atoms with Crippen molar-refractivity contribution >= 4 is 22.5 Å². The van der Waals surface area contributed by atoms with Gasteiger partial charge in [-0.15, -0.1) is 5.10 Å². The molecule has 1 atom stereocenters. The first kappa shape index (κ1) is 24.6. The SMILES string of the molecule is Cc1ccc2[nH]c(=O)c([C@@H](c3nnnn3C3CCCC3)N(Cc3ccc(Cl)cc3)Cc3ccco3)cc2c1. The number of halogens is 1. The van der Waals surface area contributed by atoms with E-state index in [1.807, 2.05) is 66.2 Å². The van der Waals surface area contributed by atoms with Gasteiger partial charge in [0.1, 0.15) is 11.8 Å². The van der Waals surface area contributed by atoms with E-state index in [9.17, 15) is 4.79 Å². The summed E-state index contributed by atoms with van der Waals surface area (Å²) in [7, 11) is 0. The molecule has 5 aromatic rings. The average molecular weight is 529 g/mol. The number of aromatic amines is 1. The molecule has 0 bridgehead atoms. The van der Waals surface area contributed by atoms with Gasteiger partial charge in [0.2, 0.25) is 0 Å². The third kappa shape index (κ3) is 5.01. The molecule has 6 rings (SSSR count). The molecule has 2 aromatic carbocycles. The highest BCUT2D eigenvalue weighted by Crippen LogP contribution is 2.35. The standard InChI is InChI=1S/C29H29ClN6O2/c1-19-8-13-26-21(15-19)16-25(29(37)31-26)27(28-32-33-34-36(28)23-5-2-3-6-23)35(18-24-7-4-14-38-24)17-20-9-11-22(30)12-10-20/h4,7-16,23,27H,2-3,5-6,17-18H2,1H3,(H,31,37)/t27-/m0/s1. The number of tetrazole rings is 1. The van der Waals surface area contributed by atoms with Crippen LogP contribution in [0.4, 0.5) is 0 Å². The zero-order chi connectivity index (χ0) is 26.1. The van der Waals surface area contributed by atoms with Crippen LogP contribution < -0.4 is 5.56 Å². The number of rotatable bonds is 8. The zero-order valence-corrected chi connectivity index (χ0v) is 21.9. The molecular weight excluding hydrogens is 500 g/mol. The lowest BCUT2D eigenvalue weighted by atomic mass is 10.0. The zero-order valence-electron chi connectivity index (χ0n) is 21.2. The third-order valence-corrected chi connectivity index (χ3v) is 7.61. The maximum atomic E-state index is 13.7. The first-order valence-electron chi connectivity index (χ1n) is 13.0. The summed E-state index contributed by atoms with van der Waals surface area (Å²) >= 11 is 6.18. The van der Waals surface area contributed by atoms with E-state index in [0.29, 0.717) is 29.5 Å². The lowest BCUT2D eigenvalue weighted by Gasteiger charge is -2.31. The molecule has 1 saturated carbocycles. The van der Waals surface area contributed by atoms with Crippen molar-refractivity contribution in [2.75, 3.05) is 0 Å². The Bertz CT molecular complexity index is 1590. The molecule has 0 amide bonds. The Morgan fingerprint density at radius 1 is 1.11 bits per heavy atom. The quantitative estimate of drug-likeness (QED) is 0.266. The Morgan fingerprint density at radius 2 is 1.92 bits per heavy atom. The van der Waals surface area contributed by atoms with Crippen molar-refractivity contribution < 1.29 is 4.42 Å². The van der Waals surface area contributed by atoms with Crippen molar-refractivity contribution in [1.29, 1.82) is 0 Å². The minimum absolute atomic E-state index is 0.159. The molecule has 1 aliphatic carbocycles. The van der Waals surface area contributed by atoms with E-state index in [2.05, 4.69) is 31.5 Å². The summed E-state index contributed by atoms with van der Waals surface area (Å²) in [5.41, 5.74) is 3.41. The van der Waals surface area contributed by atoms with E-state index in [1.54, 1.807) is 6.26 Å². The molecule has 8 nitrogen and oxygen atoms in total. The van der Waals surface area contributed by atoms with E-state index >= 15 is 0 Å². The number of nitrogens with zero attached hydrogens (tertiary/aromatic N) is 5. The Kier molecular flexibility index (Phi) is 6.82. The normalized spacial score (nSPS) is 15.0. The number of furan rings is 1. The lowest BCUT2D eigenvalue weighted by molar-refractivity contribution is 0.176. The lowest BCUT2D eigenvalue weighted by Crippen LogP contribution is -2.35. The summed E-state index contributed by atoms with van der Waals surface area (Å²) in [5, 5.41) is 14.7. The van der Waals surface area contributed by atoms with Gasteiger partial charge in [0.05, 0.1) is 18.8 Å². The molecule has 0 radical (unpaired) electrons. The van der Waals surface area contributed by atoms with Gasteiger partial charge in [-0.2, -0.15) is 0 Å². The minimum Gasteiger partial charge on any atom is -0.468 e. The predicted molar refractivity (Wildman–Crippen MR) is 146 cm³/mol. The maximum Gasteiger partial charge on any atom is 0.253 e. The Morgan fingerprint density at radius 3 is 2.68 bits per heavy atom. The van der Waals surface area contributed by atoms with Gasteiger partial charge in [-0.1, -0.05) is 48.2 Å². The van der Waals surface area contributed by atoms with Gasteiger partial charge in [-0.05, 0) is 83.6 Å². The second kappa shape index (κ2) is 10.6. The van der Waals surface area contributed by atoms with E-state index < -0.39 is 6.04 Å². The van der Waals surface area contributed by atoms with Gasteiger partial charge in [0.25, 0.3) is 5.56 Å². The molecule has 38 heavy (non-hydrogen) atoms. The van der Waals surface area contributed by atoms with Crippen molar-refractivity contribution in [3.8, 4) is 0 Å². The summed E-state index contributed by atoms with van der Waals surface area (Å²) in [6.07, 6.45) is 6.00. The van der Waals surface area contributed by atoms with Gasteiger partial charge < -0.3 is 9.40 Å². The summed E-state index contributed by atoms with van der Waals surface area (Å²) in [6, 6.07) is 19.3. The number of pyridine rings is 1. The van der Waals surface area contributed by atoms with Crippen molar-refractivity contribution in [2.45, 2.75) is 57.8 Å². The van der Waals surface area contributed by atoms with Crippen LogP contribution in [0.5, 0.6) is 0 Å². The first-order chi connectivity index (χ1) is 18.5. The highest BCUT2D eigenvalue weighted by molar-refractivity contribution is 6.30. The van der Waals surface area contributed by atoms with Crippen molar-refractivity contribution in [1.82, 2.24) is 30.1 Å². The average Bonchev–Trinajstić information content (AvgIpc) is 3.69. The fraction of sp³-hybridized carbons (Fsp3) is 0.310. The molecule has 1 fully saturated rings. The second-order valence-electron chi connectivity index (χ2n) is 10.1. The fourth-order valence-electron chi connectivity index (χ4n) is 5.50. The van der Waals surface area contributed by atoms with Crippen LogP contribution in [0.25, 0.3) is 10.9 Å². The molecule has 0 spiro atoms. The molecule has 9 heteroatoms. The minimum atomic E-state index is -0.514. The number of nitrogens with one attached hydrogen (secondary N) is 1. The molecule has 0 unspecified atom stereocenters. The van der Waals surface area contributed by atoms with Crippen LogP contribution in [0.1, 0.15) is 66.0 Å². The number of aryl methyl sites for hydroxylation is 1. The summed E-state index contributed by atoms with van der Waals surface area (Å²) in [6.45, 7) is 3.04.